The number of rotatable bonds is 8. The molecule has 2 atom stereocenters. The fraction of sp³-hybridized carbons (Fsp3) is 0.364. The van der Waals surface area contributed by atoms with Gasteiger partial charge in [0, 0.05) is 0 Å². The Balaban J connectivity index is 2.03. The Morgan fingerprint density at radius 2 is 1.57 bits per heavy atom. The average molecular weight is 384 g/mol. The Labute approximate surface area is 166 Å². The number of para-hydroxylation sites is 2. The summed E-state index contributed by atoms with van der Waals surface area (Å²) < 4.78 is 11.1. The highest BCUT2D eigenvalue weighted by atomic mass is 16.5. The van der Waals surface area contributed by atoms with E-state index in [-0.39, 0.29) is 0 Å². The lowest BCUT2D eigenvalue weighted by atomic mass is 9.98. The van der Waals surface area contributed by atoms with E-state index in [1.807, 2.05) is 31.2 Å². The van der Waals surface area contributed by atoms with E-state index in [1.54, 1.807) is 24.3 Å². The van der Waals surface area contributed by atoms with Gasteiger partial charge in [0.2, 0.25) is 0 Å². The fourth-order valence-corrected chi connectivity index (χ4v) is 2.79. The molecule has 0 bridgehead atoms. The van der Waals surface area contributed by atoms with Crippen LogP contribution in [0.2, 0.25) is 0 Å². The summed E-state index contributed by atoms with van der Waals surface area (Å²) >= 11 is 0. The Kier molecular flexibility index (Phi) is 7.87. The van der Waals surface area contributed by atoms with Crippen LogP contribution in [-0.2, 0) is 4.79 Å². The molecule has 0 spiro atoms. The lowest BCUT2D eigenvalue weighted by Crippen LogP contribution is -2.48. The van der Waals surface area contributed by atoms with Crippen molar-refractivity contribution < 1.29 is 19.1 Å². The van der Waals surface area contributed by atoms with Gasteiger partial charge in [-0.15, -0.1) is 0 Å². The van der Waals surface area contributed by atoms with E-state index in [1.165, 1.54) is 7.11 Å². The van der Waals surface area contributed by atoms with Crippen LogP contribution < -0.4 is 20.3 Å². The number of carbonyl (C=O) groups is 2. The predicted octanol–water partition coefficient (Wildman–Crippen LogP) is 3.83. The number of methoxy groups -OCH3 is 1. The quantitative estimate of drug-likeness (QED) is 0.678. The van der Waals surface area contributed by atoms with E-state index >= 15 is 0 Å². The fourth-order valence-electron chi connectivity index (χ4n) is 2.79. The van der Waals surface area contributed by atoms with Crippen LogP contribution in [0.25, 0.3) is 0 Å². The summed E-state index contributed by atoms with van der Waals surface area (Å²) in [5, 5.41) is 0. The van der Waals surface area contributed by atoms with Gasteiger partial charge in [-0.05, 0) is 42.5 Å². The van der Waals surface area contributed by atoms with Gasteiger partial charge in [0.1, 0.15) is 11.5 Å². The number of hydrazine groups is 1. The molecule has 0 heterocycles. The Morgan fingerprint density at radius 3 is 2.21 bits per heavy atom. The number of hydrogen-bond donors (Lipinski definition) is 2. The molecular formula is C22H28N2O4. The van der Waals surface area contributed by atoms with Gasteiger partial charge in [-0.25, -0.2) is 0 Å². The Bertz CT molecular complexity index is 807. The summed E-state index contributed by atoms with van der Waals surface area (Å²) in [6.07, 6.45) is 0.715. The van der Waals surface area contributed by atoms with E-state index in [0.29, 0.717) is 29.4 Å². The van der Waals surface area contributed by atoms with Crippen molar-refractivity contribution in [2.75, 3.05) is 7.11 Å². The van der Waals surface area contributed by atoms with E-state index < -0.39 is 17.9 Å². The standard InChI is InChI=1S/C22H28N2O4/c1-5-15(3)16-11-7-10-14-20(16)28-18(6-2)22(26)24-23-21(25)17-12-8-9-13-19(17)27-4/h7-15,18H,5-6H2,1-4H3,(H,23,25)(H,24,26). The zero-order valence-corrected chi connectivity index (χ0v) is 16.8. The normalized spacial score (nSPS) is 12.6. The minimum absolute atomic E-state index is 0.321. The van der Waals surface area contributed by atoms with E-state index in [9.17, 15) is 9.59 Å². The van der Waals surface area contributed by atoms with Gasteiger partial charge in [0.25, 0.3) is 11.8 Å². The summed E-state index contributed by atoms with van der Waals surface area (Å²) in [6, 6.07) is 14.5. The highest BCUT2D eigenvalue weighted by Gasteiger charge is 2.22. The molecule has 2 unspecified atom stereocenters. The molecule has 0 saturated heterocycles. The third-order valence-corrected chi connectivity index (χ3v) is 4.65. The lowest BCUT2D eigenvalue weighted by molar-refractivity contribution is -0.128. The van der Waals surface area contributed by atoms with Gasteiger partial charge < -0.3 is 9.47 Å². The third kappa shape index (κ3) is 5.25. The molecule has 0 saturated carbocycles. The van der Waals surface area contributed by atoms with E-state index in [2.05, 4.69) is 24.7 Å². The number of hydrogen-bond acceptors (Lipinski definition) is 4. The highest BCUT2D eigenvalue weighted by Crippen LogP contribution is 2.29. The molecule has 0 aromatic heterocycles. The van der Waals surface area contributed by atoms with E-state index in [4.69, 9.17) is 9.47 Å². The molecule has 6 heteroatoms. The van der Waals surface area contributed by atoms with Gasteiger partial charge in [-0.3, -0.25) is 20.4 Å². The maximum Gasteiger partial charge on any atom is 0.279 e. The monoisotopic (exact) mass is 384 g/mol. The minimum atomic E-state index is -0.719. The third-order valence-electron chi connectivity index (χ3n) is 4.65. The molecule has 2 N–H and O–H groups in total. The first kappa shape index (κ1) is 21.3. The van der Waals surface area contributed by atoms with Crippen molar-refractivity contribution in [3.8, 4) is 11.5 Å². The van der Waals surface area contributed by atoms with Crippen molar-refractivity contribution in [2.24, 2.45) is 0 Å². The topological polar surface area (TPSA) is 76.7 Å². The minimum Gasteiger partial charge on any atom is -0.496 e. The van der Waals surface area contributed by atoms with Gasteiger partial charge in [-0.1, -0.05) is 51.1 Å². The summed E-state index contributed by atoms with van der Waals surface area (Å²) in [4.78, 5) is 24.9. The first-order chi connectivity index (χ1) is 13.5. The molecule has 28 heavy (non-hydrogen) atoms. The van der Waals surface area contributed by atoms with Crippen LogP contribution in [0, 0.1) is 0 Å². The molecule has 2 aromatic rings. The highest BCUT2D eigenvalue weighted by molar-refractivity contribution is 5.98. The maximum absolute atomic E-state index is 12.5. The molecule has 150 valence electrons. The second-order valence-electron chi connectivity index (χ2n) is 6.51. The van der Waals surface area contributed by atoms with E-state index in [0.717, 1.165) is 12.0 Å². The number of amides is 2. The molecule has 0 aliphatic carbocycles. The van der Waals surface area contributed by atoms with Crippen LogP contribution in [0.4, 0.5) is 0 Å². The average Bonchev–Trinajstić information content (AvgIpc) is 2.75. The lowest BCUT2D eigenvalue weighted by Gasteiger charge is -2.21. The molecular weight excluding hydrogens is 356 g/mol. The molecule has 0 aliphatic heterocycles. The van der Waals surface area contributed by atoms with Crippen molar-refractivity contribution in [1.29, 1.82) is 0 Å². The largest absolute Gasteiger partial charge is 0.496 e. The molecule has 2 amide bonds. The van der Waals surface area contributed by atoms with Crippen LogP contribution in [0.1, 0.15) is 55.5 Å². The molecule has 0 aliphatic rings. The van der Waals surface area contributed by atoms with Crippen LogP contribution in [0.3, 0.4) is 0 Å². The number of nitrogens with one attached hydrogen (secondary N) is 2. The predicted molar refractivity (Wildman–Crippen MR) is 108 cm³/mol. The zero-order valence-electron chi connectivity index (χ0n) is 16.8. The number of ether oxygens (including phenoxy) is 2. The van der Waals surface area contributed by atoms with Crippen molar-refractivity contribution >= 4 is 11.8 Å². The molecule has 2 rings (SSSR count). The zero-order chi connectivity index (χ0) is 20.5. The van der Waals surface area contributed by atoms with Gasteiger partial charge in [0.15, 0.2) is 6.10 Å². The Morgan fingerprint density at radius 1 is 0.929 bits per heavy atom. The van der Waals surface area contributed by atoms with Crippen molar-refractivity contribution in [2.45, 2.75) is 45.6 Å². The molecule has 0 fully saturated rings. The molecule has 0 radical (unpaired) electrons. The van der Waals surface area contributed by atoms with Crippen LogP contribution in [-0.4, -0.2) is 25.0 Å². The molecule has 2 aromatic carbocycles. The Hall–Kier alpha value is -3.02. The van der Waals surface area contributed by atoms with Gasteiger partial charge in [-0.2, -0.15) is 0 Å². The van der Waals surface area contributed by atoms with Crippen LogP contribution >= 0.6 is 0 Å². The van der Waals surface area contributed by atoms with Crippen molar-refractivity contribution in [3.05, 3.63) is 59.7 Å². The van der Waals surface area contributed by atoms with Gasteiger partial charge in [0.05, 0.1) is 12.7 Å². The second kappa shape index (κ2) is 10.3. The SMILES string of the molecule is CCC(Oc1ccccc1C(C)CC)C(=O)NNC(=O)c1ccccc1OC. The second-order valence-corrected chi connectivity index (χ2v) is 6.51. The smallest absolute Gasteiger partial charge is 0.279 e. The van der Waals surface area contributed by atoms with Crippen molar-refractivity contribution in [3.63, 3.8) is 0 Å². The van der Waals surface area contributed by atoms with Gasteiger partial charge >= 0.3 is 0 Å². The summed E-state index contributed by atoms with van der Waals surface area (Å²) in [5.41, 5.74) is 6.27. The summed E-state index contributed by atoms with van der Waals surface area (Å²) in [7, 11) is 1.49. The van der Waals surface area contributed by atoms with Crippen LogP contribution in [0.5, 0.6) is 11.5 Å². The number of benzene rings is 2. The molecule has 6 nitrogen and oxygen atoms in total. The van der Waals surface area contributed by atoms with Crippen LogP contribution in [0.15, 0.2) is 48.5 Å². The van der Waals surface area contributed by atoms with Crippen molar-refractivity contribution in [1.82, 2.24) is 10.9 Å². The number of carbonyl (C=O) groups excluding carboxylic acids is 2. The summed E-state index contributed by atoms with van der Waals surface area (Å²) in [6.45, 7) is 6.09. The summed E-state index contributed by atoms with van der Waals surface area (Å²) in [5.74, 6) is 0.572. The maximum atomic E-state index is 12.5. The first-order valence-electron chi connectivity index (χ1n) is 9.50. The first-order valence-corrected chi connectivity index (χ1v) is 9.50.